The molecule has 1 aliphatic rings. The molecule has 1 aliphatic heterocycles. The lowest BCUT2D eigenvalue weighted by molar-refractivity contribution is 0.0100. The first-order valence-corrected chi connectivity index (χ1v) is 11.4. The summed E-state index contributed by atoms with van der Waals surface area (Å²) in [6, 6.07) is 25.5. The van der Waals surface area contributed by atoms with Crippen molar-refractivity contribution in [3.8, 4) is 0 Å². The molecular formula is C27H28N4O2. The lowest BCUT2D eigenvalue weighted by Crippen LogP contribution is -2.65. The largest absolute Gasteiger partial charge is 0.389 e. The standard InChI is InChI=1S/C27H28N4O2/c32-26-24(14-11-19-7-3-1-4-8-19)29-27(33)31(25(26)16-20-9-5-2-6-10-20)18-21-12-13-23-22(15-21)17-28-30-23/h1-10,12-13,15,17,24-26,32H,11,14,16,18H2,(H,28,30)(H,29,33). The fourth-order valence-electron chi connectivity index (χ4n) is 4.70. The lowest BCUT2D eigenvalue weighted by atomic mass is 9.89. The van der Waals surface area contributed by atoms with Gasteiger partial charge in [-0.2, -0.15) is 5.10 Å². The average Bonchev–Trinajstić information content (AvgIpc) is 3.32. The van der Waals surface area contributed by atoms with E-state index < -0.39 is 6.10 Å². The first-order valence-electron chi connectivity index (χ1n) is 11.4. The van der Waals surface area contributed by atoms with Crippen LogP contribution < -0.4 is 5.32 Å². The van der Waals surface area contributed by atoms with Gasteiger partial charge in [0.15, 0.2) is 0 Å². The van der Waals surface area contributed by atoms with Crippen molar-refractivity contribution in [3.05, 3.63) is 102 Å². The third-order valence-electron chi connectivity index (χ3n) is 6.51. The summed E-state index contributed by atoms with van der Waals surface area (Å²) in [5.41, 5.74) is 4.28. The summed E-state index contributed by atoms with van der Waals surface area (Å²) in [6.45, 7) is 0.424. The highest BCUT2D eigenvalue weighted by Gasteiger charge is 2.40. The molecule has 2 heterocycles. The van der Waals surface area contributed by atoms with Crippen molar-refractivity contribution in [3.63, 3.8) is 0 Å². The highest BCUT2D eigenvalue weighted by Crippen LogP contribution is 2.25. The minimum absolute atomic E-state index is 0.133. The average molecular weight is 441 g/mol. The minimum Gasteiger partial charge on any atom is -0.389 e. The molecule has 1 aromatic heterocycles. The van der Waals surface area contributed by atoms with Crippen LogP contribution in [-0.4, -0.2) is 44.4 Å². The third kappa shape index (κ3) is 4.76. The zero-order valence-electron chi connectivity index (χ0n) is 18.4. The number of nitrogens with one attached hydrogen (secondary N) is 2. The number of carbonyl (C=O) groups excluding carboxylic acids is 1. The molecule has 3 unspecified atom stereocenters. The molecule has 2 amide bonds. The van der Waals surface area contributed by atoms with E-state index in [1.807, 2.05) is 66.7 Å². The smallest absolute Gasteiger partial charge is 0.318 e. The number of rotatable bonds is 7. The first kappa shape index (κ1) is 21.2. The van der Waals surface area contributed by atoms with E-state index in [1.165, 1.54) is 5.56 Å². The summed E-state index contributed by atoms with van der Waals surface area (Å²) in [4.78, 5) is 15.0. The Balaban J connectivity index is 1.38. The van der Waals surface area contributed by atoms with Crippen LogP contribution in [-0.2, 0) is 19.4 Å². The van der Waals surface area contributed by atoms with Gasteiger partial charge in [0.2, 0.25) is 0 Å². The molecule has 168 valence electrons. The quantitative estimate of drug-likeness (QED) is 0.405. The van der Waals surface area contributed by atoms with E-state index in [4.69, 9.17) is 0 Å². The van der Waals surface area contributed by atoms with Gasteiger partial charge in [0.1, 0.15) is 0 Å². The molecular weight excluding hydrogens is 412 g/mol. The summed E-state index contributed by atoms with van der Waals surface area (Å²) in [7, 11) is 0. The number of aromatic amines is 1. The van der Waals surface area contributed by atoms with Crippen LogP contribution in [0.5, 0.6) is 0 Å². The number of amides is 2. The fourth-order valence-corrected chi connectivity index (χ4v) is 4.70. The number of H-pyrrole nitrogens is 1. The molecule has 5 rings (SSSR count). The fraction of sp³-hybridized carbons (Fsp3) is 0.259. The van der Waals surface area contributed by atoms with E-state index in [0.717, 1.165) is 28.5 Å². The number of benzene rings is 3. The van der Waals surface area contributed by atoms with Gasteiger partial charge in [0.05, 0.1) is 29.9 Å². The van der Waals surface area contributed by atoms with E-state index in [9.17, 15) is 9.90 Å². The normalized spacial score (nSPS) is 20.7. The number of aromatic nitrogens is 2. The third-order valence-corrected chi connectivity index (χ3v) is 6.51. The van der Waals surface area contributed by atoms with Crippen molar-refractivity contribution >= 4 is 16.9 Å². The summed E-state index contributed by atoms with van der Waals surface area (Å²) < 4.78 is 0. The molecule has 3 aromatic carbocycles. The predicted molar refractivity (Wildman–Crippen MR) is 129 cm³/mol. The Labute approximate surface area is 193 Å². The van der Waals surface area contributed by atoms with E-state index >= 15 is 0 Å². The van der Waals surface area contributed by atoms with E-state index in [2.05, 4.69) is 27.6 Å². The maximum Gasteiger partial charge on any atom is 0.318 e. The predicted octanol–water partition coefficient (Wildman–Crippen LogP) is 4.06. The number of aryl methyl sites for hydroxylation is 1. The van der Waals surface area contributed by atoms with Crippen molar-refractivity contribution in [2.75, 3.05) is 0 Å². The molecule has 0 bridgehead atoms. The number of aliphatic hydroxyl groups excluding tert-OH is 1. The van der Waals surface area contributed by atoms with E-state index in [1.54, 1.807) is 11.1 Å². The molecule has 3 N–H and O–H groups in total. The van der Waals surface area contributed by atoms with Crippen molar-refractivity contribution in [1.29, 1.82) is 0 Å². The second-order valence-corrected chi connectivity index (χ2v) is 8.75. The Morgan fingerprint density at radius 1 is 0.909 bits per heavy atom. The minimum atomic E-state index is -0.677. The second-order valence-electron chi connectivity index (χ2n) is 8.75. The SMILES string of the molecule is O=C1NC(CCc2ccccc2)C(O)C(Cc2ccccc2)N1Cc1ccc2[nH]ncc2c1. The number of fused-ring (bicyclic) bond motifs is 1. The number of nitrogens with zero attached hydrogens (tertiary/aromatic N) is 2. The van der Waals surface area contributed by atoms with Crippen molar-refractivity contribution in [1.82, 2.24) is 20.4 Å². The maximum absolute atomic E-state index is 13.3. The highest BCUT2D eigenvalue weighted by atomic mass is 16.3. The Morgan fingerprint density at radius 2 is 1.64 bits per heavy atom. The number of carbonyl (C=O) groups is 1. The molecule has 33 heavy (non-hydrogen) atoms. The molecule has 0 aliphatic carbocycles. The Kier molecular flexibility index (Phi) is 6.09. The van der Waals surface area contributed by atoms with Gasteiger partial charge in [0.25, 0.3) is 0 Å². The van der Waals surface area contributed by atoms with Crippen molar-refractivity contribution in [2.24, 2.45) is 0 Å². The highest BCUT2D eigenvalue weighted by molar-refractivity contribution is 5.79. The Bertz CT molecular complexity index is 1210. The van der Waals surface area contributed by atoms with Crippen LogP contribution >= 0.6 is 0 Å². The van der Waals surface area contributed by atoms with Crippen LogP contribution in [0.4, 0.5) is 4.79 Å². The number of aliphatic hydroxyl groups is 1. The number of hydrogen-bond donors (Lipinski definition) is 3. The van der Waals surface area contributed by atoms with Gasteiger partial charge >= 0.3 is 6.03 Å². The van der Waals surface area contributed by atoms with Crippen molar-refractivity contribution < 1.29 is 9.90 Å². The Morgan fingerprint density at radius 3 is 2.39 bits per heavy atom. The van der Waals surface area contributed by atoms with Gasteiger partial charge in [-0.3, -0.25) is 5.10 Å². The van der Waals surface area contributed by atoms with E-state index in [0.29, 0.717) is 19.4 Å². The van der Waals surface area contributed by atoms with Crippen LogP contribution in [0, 0.1) is 0 Å². The maximum atomic E-state index is 13.3. The molecule has 0 spiro atoms. The van der Waals surface area contributed by atoms with Crippen LogP contribution in [0.25, 0.3) is 10.9 Å². The van der Waals surface area contributed by atoms with Gasteiger partial charge in [-0.15, -0.1) is 0 Å². The zero-order valence-corrected chi connectivity index (χ0v) is 18.4. The van der Waals surface area contributed by atoms with Crippen LogP contribution in [0.1, 0.15) is 23.1 Å². The molecule has 1 fully saturated rings. The number of urea groups is 1. The molecule has 3 atom stereocenters. The van der Waals surface area contributed by atoms with Gasteiger partial charge in [-0.1, -0.05) is 66.7 Å². The number of hydrogen-bond acceptors (Lipinski definition) is 3. The summed E-state index contributed by atoms with van der Waals surface area (Å²) in [5, 5.41) is 22.5. The summed E-state index contributed by atoms with van der Waals surface area (Å²) >= 11 is 0. The van der Waals surface area contributed by atoms with Crippen LogP contribution in [0.15, 0.2) is 85.1 Å². The molecule has 0 radical (unpaired) electrons. The summed E-state index contributed by atoms with van der Waals surface area (Å²) in [5.74, 6) is 0. The van der Waals surface area contributed by atoms with Gasteiger partial charge < -0.3 is 15.3 Å². The van der Waals surface area contributed by atoms with Gasteiger partial charge in [-0.05, 0) is 48.1 Å². The molecule has 0 saturated carbocycles. The van der Waals surface area contributed by atoms with Crippen LogP contribution in [0.2, 0.25) is 0 Å². The first-order chi connectivity index (χ1) is 16.2. The molecule has 1 saturated heterocycles. The van der Waals surface area contributed by atoms with Gasteiger partial charge in [-0.25, -0.2) is 4.79 Å². The summed E-state index contributed by atoms with van der Waals surface area (Å²) in [6.07, 6.45) is 3.20. The lowest BCUT2D eigenvalue weighted by Gasteiger charge is -2.44. The van der Waals surface area contributed by atoms with Crippen molar-refractivity contribution in [2.45, 2.75) is 44.0 Å². The van der Waals surface area contributed by atoms with E-state index in [-0.39, 0.29) is 18.1 Å². The zero-order chi connectivity index (χ0) is 22.6. The van der Waals surface area contributed by atoms with Gasteiger partial charge in [0, 0.05) is 11.9 Å². The topological polar surface area (TPSA) is 81.2 Å². The molecule has 6 nitrogen and oxygen atoms in total. The Hall–Kier alpha value is -3.64. The monoisotopic (exact) mass is 440 g/mol. The molecule has 6 heteroatoms. The van der Waals surface area contributed by atoms with Crippen LogP contribution in [0.3, 0.4) is 0 Å². The second kappa shape index (κ2) is 9.46. The molecule has 4 aromatic rings.